The molecule has 0 aliphatic carbocycles. The molecule has 1 rings (SSSR count). The second-order valence-corrected chi connectivity index (χ2v) is 2.64. The zero-order valence-electron chi connectivity index (χ0n) is 6.59. The molecule has 0 fully saturated rings. The number of aliphatic carboxylic acids is 1. The Labute approximate surface area is 65.4 Å². The van der Waals surface area contributed by atoms with Gasteiger partial charge in [0.05, 0.1) is 11.6 Å². The Bertz CT molecular complexity index is 240. The Morgan fingerprint density at radius 2 is 2.27 bits per heavy atom. The van der Waals surface area contributed by atoms with Crippen LogP contribution in [0.1, 0.15) is 13.8 Å². The zero-order valence-corrected chi connectivity index (χ0v) is 6.59. The third kappa shape index (κ3) is 1.61. The summed E-state index contributed by atoms with van der Waals surface area (Å²) >= 11 is 0. The number of carbonyl (C=O) groups is 1. The van der Waals surface area contributed by atoms with Crippen LogP contribution in [-0.2, 0) is 4.79 Å². The topological polar surface area (TPSA) is 49.3 Å². The smallest absolute Gasteiger partial charge is 0.333 e. The largest absolute Gasteiger partial charge is 0.478 e. The summed E-state index contributed by atoms with van der Waals surface area (Å²) in [6.07, 6.45) is 3.41. The molecule has 0 saturated heterocycles. The van der Waals surface area contributed by atoms with Gasteiger partial charge in [-0.3, -0.25) is 0 Å². The van der Waals surface area contributed by atoms with Gasteiger partial charge in [-0.15, -0.1) is 0 Å². The van der Waals surface area contributed by atoms with Gasteiger partial charge in [-0.2, -0.15) is 0 Å². The maximum atomic E-state index is 10.5. The van der Waals surface area contributed by atoms with Gasteiger partial charge >= 0.3 is 5.97 Å². The van der Waals surface area contributed by atoms with Crippen molar-refractivity contribution in [2.75, 3.05) is 0 Å². The molecule has 3 heteroatoms. The van der Waals surface area contributed by atoms with Crippen LogP contribution < -0.4 is 5.32 Å². The maximum absolute atomic E-state index is 10.5. The Morgan fingerprint density at radius 1 is 1.64 bits per heavy atom. The number of carboxylic acids is 1. The average molecular weight is 153 g/mol. The lowest BCUT2D eigenvalue weighted by Crippen LogP contribution is -2.31. The summed E-state index contributed by atoms with van der Waals surface area (Å²) in [5.74, 6) is -0.853. The number of nitrogens with one attached hydrogen (secondary N) is 1. The molecule has 0 radical (unpaired) electrons. The zero-order chi connectivity index (χ0) is 8.43. The van der Waals surface area contributed by atoms with Gasteiger partial charge < -0.3 is 10.4 Å². The highest BCUT2D eigenvalue weighted by Crippen LogP contribution is 2.10. The molecule has 2 N–H and O–H groups in total. The summed E-state index contributed by atoms with van der Waals surface area (Å²) in [5.41, 5.74) is 1.41. The number of dihydropyridines is 1. The van der Waals surface area contributed by atoms with Crippen LogP contribution in [0.25, 0.3) is 0 Å². The predicted octanol–water partition coefficient (Wildman–Crippen LogP) is 0.893. The van der Waals surface area contributed by atoms with Crippen molar-refractivity contribution in [2.24, 2.45) is 0 Å². The van der Waals surface area contributed by atoms with Gasteiger partial charge in [0.25, 0.3) is 0 Å². The molecule has 0 spiro atoms. The van der Waals surface area contributed by atoms with E-state index in [-0.39, 0.29) is 6.04 Å². The first-order valence-corrected chi connectivity index (χ1v) is 3.49. The minimum atomic E-state index is -0.853. The molecule has 0 saturated carbocycles. The van der Waals surface area contributed by atoms with Crippen molar-refractivity contribution in [3.63, 3.8) is 0 Å². The molecule has 0 aromatic heterocycles. The van der Waals surface area contributed by atoms with Gasteiger partial charge in [-0.25, -0.2) is 4.79 Å². The first-order valence-electron chi connectivity index (χ1n) is 3.49. The van der Waals surface area contributed by atoms with Crippen molar-refractivity contribution in [1.29, 1.82) is 0 Å². The van der Waals surface area contributed by atoms with E-state index in [9.17, 15) is 4.79 Å². The molecular weight excluding hydrogens is 142 g/mol. The fourth-order valence-corrected chi connectivity index (χ4v) is 1.08. The van der Waals surface area contributed by atoms with Gasteiger partial charge in [-0.1, -0.05) is 0 Å². The number of carboxylic acid groups (broad SMARTS) is 1. The van der Waals surface area contributed by atoms with Gasteiger partial charge in [0, 0.05) is 5.70 Å². The Hall–Kier alpha value is -1.25. The number of hydrogen-bond donors (Lipinski definition) is 2. The monoisotopic (exact) mass is 153 g/mol. The SMILES string of the molecule is CC1=CC=C(C(=O)O)C(C)N1. The van der Waals surface area contributed by atoms with Crippen LogP contribution in [0.2, 0.25) is 0 Å². The minimum absolute atomic E-state index is 0.0856. The first kappa shape index (κ1) is 7.85. The van der Waals surface area contributed by atoms with Crippen LogP contribution >= 0.6 is 0 Å². The van der Waals surface area contributed by atoms with Crippen molar-refractivity contribution in [3.8, 4) is 0 Å². The van der Waals surface area contributed by atoms with Crippen molar-refractivity contribution in [3.05, 3.63) is 23.4 Å². The first-order chi connectivity index (χ1) is 5.11. The summed E-state index contributed by atoms with van der Waals surface area (Å²) in [4.78, 5) is 10.5. The molecule has 60 valence electrons. The number of allylic oxidation sites excluding steroid dienone is 3. The van der Waals surface area contributed by atoms with E-state index in [4.69, 9.17) is 5.11 Å². The fourth-order valence-electron chi connectivity index (χ4n) is 1.08. The molecule has 1 heterocycles. The van der Waals surface area contributed by atoms with Crippen LogP contribution in [0.5, 0.6) is 0 Å². The summed E-state index contributed by atoms with van der Waals surface area (Å²) in [7, 11) is 0. The van der Waals surface area contributed by atoms with Gasteiger partial charge in [0.2, 0.25) is 0 Å². The van der Waals surface area contributed by atoms with Crippen LogP contribution in [0.3, 0.4) is 0 Å². The van der Waals surface area contributed by atoms with E-state index < -0.39 is 5.97 Å². The molecule has 1 aliphatic rings. The molecule has 0 bridgehead atoms. The highest BCUT2D eigenvalue weighted by atomic mass is 16.4. The fraction of sp³-hybridized carbons (Fsp3) is 0.375. The summed E-state index contributed by atoms with van der Waals surface area (Å²) in [6.45, 7) is 3.74. The number of hydrogen-bond acceptors (Lipinski definition) is 2. The Morgan fingerprint density at radius 3 is 2.73 bits per heavy atom. The lowest BCUT2D eigenvalue weighted by atomic mass is 10.1. The summed E-state index contributed by atoms with van der Waals surface area (Å²) in [5, 5.41) is 11.7. The van der Waals surface area contributed by atoms with Gasteiger partial charge in [0.15, 0.2) is 0 Å². The molecule has 0 amide bonds. The van der Waals surface area contributed by atoms with E-state index >= 15 is 0 Å². The molecule has 1 unspecified atom stereocenters. The predicted molar refractivity (Wildman–Crippen MR) is 42.1 cm³/mol. The van der Waals surface area contributed by atoms with E-state index in [0.717, 1.165) is 5.70 Å². The lowest BCUT2D eigenvalue weighted by Gasteiger charge is -2.19. The van der Waals surface area contributed by atoms with Crippen molar-refractivity contribution >= 4 is 5.97 Å². The normalized spacial score (nSPS) is 23.3. The highest BCUT2D eigenvalue weighted by molar-refractivity contribution is 5.88. The minimum Gasteiger partial charge on any atom is -0.478 e. The van der Waals surface area contributed by atoms with Gasteiger partial charge in [0.1, 0.15) is 0 Å². The van der Waals surface area contributed by atoms with Crippen LogP contribution in [0.4, 0.5) is 0 Å². The molecule has 1 aliphatic heterocycles. The molecule has 1 atom stereocenters. The molecular formula is C8H11NO2. The molecule has 0 aromatic carbocycles. The average Bonchev–Trinajstić information content (AvgIpc) is 1.85. The van der Waals surface area contributed by atoms with E-state index in [2.05, 4.69) is 5.32 Å². The molecule has 3 nitrogen and oxygen atoms in total. The van der Waals surface area contributed by atoms with Crippen LogP contribution in [0.15, 0.2) is 23.4 Å². The summed E-state index contributed by atoms with van der Waals surface area (Å²) < 4.78 is 0. The van der Waals surface area contributed by atoms with E-state index in [1.807, 2.05) is 13.8 Å². The third-order valence-electron chi connectivity index (χ3n) is 1.67. The molecule has 11 heavy (non-hydrogen) atoms. The molecule has 0 aromatic rings. The second kappa shape index (κ2) is 2.78. The van der Waals surface area contributed by atoms with E-state index in [0.29, 0.717) is 5.57 Å². The highest BCUT2D eigenvalue weighted by Gasteiger charge is 2.17. The van der Waals surface area contributed by atoms with Crippen LogP contribution in [0, 0.1) is 0 Å². The van der Waals surface area contributed by atoms with E-state index in [1.54, 1.807) is 12.2 Å². The van der Waals surface area contributed by atoms with E-state index in [1.165, 1.54) is 0 Å². The second-order valence-electron chi connectivity index (χ2n) is 2.64. The quantitative estimate of drug-likeness (QED) is 0.588. The standard InChI is InChI=1S/C8H11NO2/c1-5-3-4-7(8(10)11)6(2)9-5/h3-4,6,9H,1-2H3,(H,10,11). The van der Waals surface area contributed by atoms with Crippen LogP contribution in [-0.4, -0.2) is 17.1 Å². The van der Waals surface area contributed by atoms with Crippen molar-refractivity contribution < 1.29 is 9.90 Å². The Balaban J connectivity index is 2.87. The van der Waals surface area contributed by atoms with Gasteiger partial charge in [-0.05, 0) is 26.0 Å². The van der Waals surface area contributed by atoms with Crippen molar-refractivity contribution in [1.82, 2.24) is 5.32 Å². The number of rotatable bonds is 1. The summed E-state index contributed by atoms with van der Waals surface area (Å²) in [6, 6.07) is -0.0856. The van der Waals surface area contributed by atoms with Crippen molar-refractivity contribution in [2.45, 2.75) is 19.9 Å². The third-order valence-corrected chi connectivity index (χ3v) is 1.67. The maximum Gasteiger partial charge on any atom is 0.333 e. The lowest BCUT2D eigenvalue weighted by molar-refractivity contribution is -0.133. The Kier molecular flexibility index (Phi) is 1.98.